The fraction of sp³-hybridized carbons (Fsp3) is 1.00. The first-order valence-electron chi connectivity index (χ1n) is 5.52. The van der Waals surface area contributed by atoms with E-state index in [1.54, 1.807) is 0 Å². The molecule has 0 radical (unpaired) electrons. The molecule has 1 unspecified atom stereocenters. The molecule has 1 aliphatic carbocycles. The third-order valence-corrected chi connectivity index (χ3v) is 5.07. The average Bonchev–Trinajstić information content (AvgIpc) is 2.28. The zero-order valence-electron chi connectivity index (χ0n) is 10.0. The summed E-state index contributed by atoms with van der Waals surface area (Å²) in [6.45, 7) is 12.6. The van der Waals surface area contributed by atoms with Gasteiger partial charge in [0.1, 0.15) is 0 Å². The molecule has 0 N–H and O–H groups in total. The van der Waals surface area contributed by atoms with Gasteiger partial charge in [0, 0.05) is 0 Å². The fourth-order valence-corrected chi connectivity index (χ4v) is 3.22. The van der Waals surface area contributed by atoms with Gasteiger partial charge in [-0.2, -0.15) is 0 Å². The van der Waals surface area contributed by atoms with E-state index in [4.69, 9.17) is 4.52 Å². The third-order valence-electron chi connectivity index (χ3n) is 3.75. The Morgan fingerprint density at radius 1 is 1.21 bits per heavy atom. The predicted octanol–water partition coefficient (Wildman–Crippen LogP) is 3.59. The van der Waals surface area contributed by atoms with E-state index in [2.05, 4.69) is 50.6 Å². The number of hydrogen-bond donors (Lipinski definition) is 0. The van der Waals surface area contributed by atoms with E-state index in [9.17, 15) is 0 Å². The van der Waals surface area contributed by atoms with Crippen molar-refractivity contribution in [3.63, 3.8) is 0 Å². The van der Waals surface area contributed by atoms with Gasteiger partial charge in [-0.15, -0.1) is 0 Å². The van der Waals surface area contributed by atoms with Crippen LogP contribution in [-0.2, 0) is 21.0 Å². The molecule has 1 aliphatic rings. The van der Waals surface area contributed by atoms with Crippen LogP contribution in [0.4, 0.5) is 0 Å². The minimum absolute atomic E-state index is 0.795. The summed E-state index contributed by atoms with van der Waals surface area (Å²) >= 11 is 2.71. The molecule has 1 fully saturated rings. The Morgan fingerprint density at radius 3 is 2.14 bits per heavy atom. The van der Waals surface area contributed by atoms with Crippen molar-refractivity contribution in [2.45, 2.75) is 27.2 Å². The minimum atomic E-state index is -1.10. The van der Waals surface area contributed by atoms with Gasteiger partial charge in [0.15, 0.2) is 0 Å². The average molecular weight is 253 g/mol. The van der Waals surface area contributed by atoms with Crippen LogP contribution in [0.5, 0.6) is 0 Å². The molecule has 0 aliphatic heterocycles. The van der Waals surface area contributed by atoms with Gasteiger partial charge in [-0.1, -0.05) is 0 Å². The second-order valence-corrected chi connectivity index (χ2v) is 12.6. The van der Waals surface area contributed by atoms with Gasteiger partial charge in [-0.3, -0.25) is 0 Å². The van der Waals surface area contributed by atoms with Crippen LogP contribution in [0, 0.1) is 23.7 Å². The monoisotopic (exact) mass is 253 g/mol. The topological polar surface area (TPSA) is 9.23 Å². The van der Waals surface area contributed by atoms with Crippen LogP contribution in [0.25, 0.3) is 0 Å². The van der Waals surface area contributed by atoms with Crippen molar-refractivity contribution >= 4 is 5.51 Å². The Bertz CT molecular complexity index is 235. The molecule has 0 heterocycles. The van der Waals surface area contributed by atoms with Crippen LogP contribution in [0.2, 0.25) is 0 Å². The summed E-state index contributed by atoms with van der Waals surface area (Å²) in [7, 11) is 0. The molecule has 3 heteroatoms. The van der Waals surface area contributed by atoms with Crippen LogP contribution < -0.4 is 0 Å². The Morgan fingerprint density at radius 2 is 1.79 bits per heavy atom. The quantitative estimate of drug-likeness (QED) is 0.698. The van der Waals surface area contributed by atoms with Gasteiger partial charge in [-0.25, -0.2) is 0 Å². The molecule has 0 aromatic carbocycles. The van der Waals surface area contributed by atoms with Crippen molar-refractivity contribution in [3.8, 4) is 0 Å². The van der Waals surface area contributed by atoms with Crippen molar-refractivity contribution < 1.29 is 21.0 Å². The van der Waals surface area contributed by atoms with Crippen LogP contribution >= 0.6 is 5.51 Å². The molecule has 83 valence electrons. The summed E-state index contributed by atoms with van der Waals surface area (Å²) < 4.78 is 5.96. The SMILES string of the molecule is CC1[C@H](C)C[C@H](CO[P](C)(C)=[V])[C@@H]1C. The zero-order chi connectivity index (χ0) is 10.9. The maximum atomic E-state index is 5.96. The van der Waals surface area contributed by atoms with Gasteiger partial charge in [0.05, 0.1) is 0 Å². The number of rotatable bonds is 3. The van der Waals surface area contributed by atoms with Crippen LogP contribution in [-0.4, -0.2) is 19.9 Å². The molecule has 0 bridgehead atoms. The van der Waals surface area contributed by atoms with Crippen molar-refractivity contribution in [1.29, 1.82) is 0 Å². The third kappa shape index (κ3) is 3.52. The standard InChI is InChI=1S/C11H23OP.V/c1-8-6-11(7-12-13(4)5)10(3)9(8)2;/h8-11H,6-7H2,1-5H3;/t8-,9?,10-,11-;/m1./s1. The van der Waals surface area contributed by atoms with E-state index in [1.165, 1.54) is 6.42 Å². The molecule has 0 aromatic heterocycles. The molecular weight excluding hydrogens is 230 g/mol. The second-order valence-electron chi connectivity index (χ2n) is 5.28. The fourth-order valence-electron chi connectivity index (χ4n) is 2.35. The predicted molar refractivity (Wildman–Crippen MR) is 60.3 cm³/mol. The Kier molecular flexibility index (Phi) is 4.54. The van der Waals surface area contributed by atoms with Gasteiger partial charge in [-0.05, 0) is 0 Å². The molecule has 1 saturated carbocycles. The molecule has 0 saturated heterocycles. The van der Waals surface area contributed by atoms with Crippen molar-refractivity contribution in [2.75, 3.05) is 19.9 Å². The summed E-state index contributed by atoms with van der Waals surface area (Å²) in [4.78, 5) is 0. The van der Waals surface area contributed by atoms with Crippen molar-refractivity contribution in [3.05, 3.63) is 0 Å². The Balaban J connectivity index is 2.44. The molecule has 0 amide bonds. The summed E-state index contributed by atoms with van der Waals surface area (Å²) in [5.41, 5.74) is -1.10. The summed E-state index contributed by atoms with van der Waals surface area (Å²) in [5, 5.41) is 0. The van der Waals surface area contributed by atoms with Crippen LogP contribution in [0.3, 0.4) is 0 Å². The normalized spacial score (nSPS) is 38.9. The Labute approximate surface area is 97.4 Å². The first-order chi connectivity index (χ1) is 6.31. The summed E-state index contributed by atoms with van der Waals surface area (Å²) in [6.07, 6.45) is 1.36. The molecular formula is C11H23OPV. The van der Waals surface area contributed by atoms with Gasteiger partial charge in [0.2, 0.25) is 0 Å². The maximum absolute atomic E-state index is 5.96. The molecule has 0 spiro atoms. The van der Waals surface area contributed by atoms with Gasteiger partial charge < -0.3 is 0 Å². The van der Waals surface area contributed by atoms with Crippen LogP contribution in [0.15, 0.2) is 0 Å². The van der Waals surface area contributed by atoms with Gasteiger partial charge in [0.25, 0.3) is 0 Å². The first-order valence-corrected chi connectivity index (χ1v) is 9.95. The van der Waals surface area contributed by atoms with E-state index in [1.807, 2.05) is 0 Å². The zero-order valence-corrected chi connectivity index (χ0v) is 12.3. The number of hydrogen-bond acceptors (Lipinski definition) is 1. The molecule has 1 nitrogen and oxygen atoms in total. The van der Waals surface area contributed by atoms with E-state index < -0.39 is 5.51 Å². The van der Waals surface area contributed by atoms with E-state index >= 15 is 0 Å². The molecule has 4 atom stereocenters. The van der Waals surface area contributed by atoms with Crippen molar-refractivity contribution in [1.82, 2.24) is 0 Å². The second kappa shape index (κ2) is 4.87. The van der Waals surface area contributed by atoms with E-state index in [0.717, 1.165) is 30.3 Å². The van der Waals surface area contributed by atoms with Crippen molar-refractivity contribution in [2.24, 2.45) is 23.7 Å². The molecule has 0 aromatic rings. The summed E-state index contributed by atoms with van der Waals surface area (Å²) in [6, 6.07) is 0. The Hall–Kier alpha value is 0.974. The summed E-state index contributed by atoms with van der Waals surface area (Å²) in [5.74, 6) is 3.38. The molecule has 1 rings (SSSR count). The molecule has 14 heavy (non-hydrogen) atoms. The van der Waals surface area contributed by atoms with Crippen LogP contribution in [0.1, 0.15) is 27.2 Å². The van der Waals surface area contributed by atoms with Gasteiger partial charge >= 0.3 is 97.3 Å². The van der Waals surface area contributed by atoms with E-state index in [-0.39, 0.29) is 0 Å². The first kappa shape index (κ1) is 13.0. The van der Waals surface area contributed by atoms with E-state index in [0.29, 0.717) is 0 Å².